The van der Waals surface area contributed by atoms with Crippen LogP contribution >= 0.6 is 0 Å². The van der Waals surface area contributed by atoms with Crippen LogP contribution in [0.25, 0.3) is 0 Å². The van der Waals surface area contributed by atoms with E-state index in [-0.39, 0.29) is 11.7 Å². The summed E-state index contributed by atoms with van der Waals surface area (Å²) in [5.41, 5.74) is 1.51. The third-order valence-corrected chi connectivity index (χ3v) is 2.13. The quantitative estimate of drug-likeness (QED) is 0.723. The summed E-state index contributed by atoms with van der Waals surface area (Å²) in [5, 5.41) is 6.72. The second kappa shape index (κ2) is 4.21. The highest BCUT2D eigenvalue weighted by Gasteiger charge is 2.16. The van der Waals surface area contributed by atoms with Crippen LogP contribution < -0.4 is 0 Å². The zero-order chi connectivity index (χ0) is 9.84. The number of aryl methyl sites for hydroxylation is 1. The van der Waals surface area contributed by atoms with Gasteiger partial charge in [-0.25, -0.2) is 0 Å². The number of rotatable bonds is 4. The van der Waals surface area contributed by atoms with Gasteiger partial charge in [0, 0.05) is 11.6 Å². The Balaban J connectivity index is 2.67. The van der Waals surface area contributed by atoms with Crippen molar-refractivity contribution in [1.29, 1.82) is 0 Å². The molecule has 3 nitrogen and oxygen atoms in total. The fourth-order valence-electron chi connectivity index (χ4n) is 1.36. The van der Waals surface area contributed by atoms with Crippen molar-refractivity contribution in [2.45, 2.75) is 33.6 Å². The van der Waals surface area contributed by atoms with Gasteiger partial charge < -0.3 is 0 Å². The number of Topliss-reactive ketones (excluding diaryl/α,β-unsaturated/α-hetero) is 1. The SMILES string of the molecule is CCCC(C)C(=O)c1cc(C)[nH]n1. The number of H-pyrrole nitrogens is 1. The van der Waals surface area contributed by atoms with Gasteiger partial charge in [0.2, 0.25) is 0 Å². The largest absolute Gasteiger partial charge is 0.292 e. The van der Waals surface area contributed by atoms with E-state index >= 15 is 0 Å². The average molecular weight is 180 g/mol. The van der Waals surface area contributed by atoms with Gasteiger partial charge in [-0.1, -0.05) is 20.3 Å². The summed E-state index contributed by atoms with van der Waals surface area (Å²) in [6, 6.07) is 1.80. The Bertz CT molecular complexity index is 291. The van der Waals surface area contributed by atoms with Gasteiger partial charge in [-0.3, -0.25) is 9.89 Å². The maximum absolute atomic E-state index is 11.7. The number of hydrogen-bond donors (Lipinski definition) is 1. The van der Waals surface area contributed by atoms with E-state index in [2.05, 4.69) is 17.1 Å². The van der Waals surface area contributed by atoms with Gasteiger partial charge in [-0.2, -0.15) is 5.10 Å². The fraction of sp³-hybridized carbons (Fsp3) is 0.600. The predicted octanol–water partition coefficient (Wildman–Crippen LogP) is 2.34. The van der Waals surface area contributed by atoms with E-state index in [1.165, 1.54) is 0 Å². The second-order valence-electron chi connectivity index (χ2n) is 3.49. The minimum absolute atomic E-state index is 0.0905. The normalized spacial score (nSPS) is 12.8. The molecule has 13 heavy (non-hydrogen) atoms. The van der Waals surface area contributed by atoms with Gasteiger partial charge in [-0.05, 0) is 19.4 Å². The van der Waals surface area contributed by atoms with Crippen LogP contribution in [-0.2, 0) is 0 Å². The first-order chi connectivity index (χ1) is 6.15. The minimum Gasteiger partial charge on any atom is -0.292 e. The molecule has 1 aromatic heterocycles. The van der Waals surface area contributed by atoms with Crippen LogP contribution in [0.1, 0.15) is 42.9 Å². The van der Waals surface area contributed by atoms with Crippen molar-refractivity contribution in [2.75, 3.05) is 0 Å². The Morgan fingerprint density at radius 3 is 2.85 bits per heavy atom. The molecule has 1 rings (SSSR count). The molecule has 0 aliphatic heterocycles. The van der Waals surface area contributed by atoms with Crippen LogP contribution in [0, 0.1) is 12.8 Å². The number of aromatic nitrogens is 2. The van der Waals surface area contributed by atoms with Crippen molar-refractivity contribution in [3.05, 3.63) is 17.5 Å². The lowest BCUT2D eigenvalue weighted by Crippen LogP contribution is -2.11. The third kappa shape index (κ3) is 2.41. The molecule has 1 aromatic rings. The molecule has 1 N–H and O–H groups in total. The van der Waals surface area contributed by atoms with Crippen molar-refractivity contribution in [1.82, 2.24) is 10.2 Å². The Morgan fingerprint density at radius 1 is 1.69 bits per heavy atom. The maximum Gasteiger partial charge on any atom is 0.185 e. The number of aromatic amines is 1. The highest BCUT2D eigenvalue weighted by molar-refractivity contribution is 5.95. The van der Waals surface area contributed by atoms with Crippen LogP contribution in [0.4, 0.5) is 0 Å². The lowest BCUT2D eigenvalue weighted by atomic mass is 9.99. The first-order valence-corrected chi connectivity index (χ1v) is 4.71. The Morgan fingerprint density at radius 2 is 2.38 bits per heavy atom. The zero-order valence-corrected chi connectivity index (χ0v) is 8.42. The summed E-state index contributed by atoms with van der Waals surface area (Å²) in [5.74, 6) is 0.235. The Kier molecular flexibility index (Phi) is 3.23. The molecule has 0 radical (unpaired) electrons. The number of ketones is 1. The first kappa shape index (κ1) is 9.96. The molecular formula is C10H16N2O. The Hall–Kier alpha value is -1.12. The molecule has 0 fully saturated rings. The monoisotopic (exact) mass is 180 g/mol. The fourth-order valence-corrected chi connectivity index (χ4v) is 1.36. The van der Waals surface area contributed by atoms with E-state index in [1.54, 1.807) is 6.07 Å². The molecule has 1 unspecified atom stereocenters. The van der Waals surface area contributed by atoms with Gasteiger partial charge >= 0.3 is 0 Å². The lowest BCUT2D eigenvalue weighted by Gasteiger charge is -2.05. The van der Waals surface area contributed by atoms with E-state index in [0.717, 1.165) is 18.5 Å². The molecule has 0 aliphatic carbocycles. The van der Waals surface area contributed by atoms with Crippen molar-refractivity contribution < 1.29 is 4.79 Å². The molecule has 0 spiro atoms. The standard InChI is InChI=1S/C10H16N2O/c1-4-5-7(2)10(13)9-6-8(3)11-12-9/h6-7H,4-5H2,1-3H3,(H,11,12). The smallest absolute Gasteiger partial charge is 0.185 e. The number of nitrogens with zero attached hydrogens (tertiary/aromatic N) is 1. The average Bonchev–Trinajstić information content (AvgIpc) is 2.51. The van der Waals surface area contributed by atoms with E-state index in [9.17, 15) is 4.79 Å². The summed E-state index contributed by atoms with van der Waals surface area (Å²) in [6.45, 7) is 5.93. The molecule has 0 amide bonds. The first-order valence-electron chi connectivity index (χ1n) is 4.71. The van der Waals surface area contributed by atoms with Gasteiger partial charge in [0.05, 0.1) is 0 Å². The predicted molar refractivity (Wildman–Crippen MR) is 51.7 cm³/mol. The van der Waals surface area contributed by atoms with Crippen LogP contribution in [-0.4, -0.2) is 16.0 Å². The van der Waals surface area contributed by atoms with Gasteiger partial charge in [0.25, 0.3) is 0 Å². The molecule has 0 aliphatic rings. The number of nitrogens with one attached hydrogen (secondary N) is 1. The highest BCUT2D eigenvalue weighted by Crippen LogP contribution is 2.12. The molecule has 0 saturated heterocycles. The van der Waals surface area contributed by atoms with Crippen LogP contribution in [0.5, 0.6) is 0 Å². The van der Waals surface area contributed by atoms with Gasteiger partial charge in [0.15, 0.2) is 5.78 Å². The van der Waals surface area contributed by atoms with E-state index in [1.807, 2.05) is 13.8 Å². The molecular weight excluding hydrogens is 164 g/mol. The van der Waals surface area contributed by atoms with Crippen LogP contribution in [0.3, 0.4) is 0 Å². The number of hydrogen-bond acceptors (Lipinski definition) is 2. The van der Waals surface area contributed by atoms with Gasteiger partial charge in [-0.15, -0.1) is 0 Å². The maximum atomic E-state index is 11.7. The lowest BCUT2D eigenvalue weighted by molar-refractivity contribution is 0.0918. The molecule has 0 aromatic carbocycles. The summed E-state index contributed by atoms with van der Waals surface area (Å²) < 4.78 is 0. The van der Waals surface area contributed by atoms with E-state index in [4.69, 9.17) is 0 Å². The van der Waals surface area contributed by atoms with Crippen molar-refractivity contribution in [3.63, 3.8) is 0 Å². The van der Waals surface area contributed by atoms with E-state index < -0.39 is 0 Å². The topological polar surface area (TPSA) is 45.8 Å². The summed E-state index contributed by atoms with van der Waals surface area (Å²) in [6.07, 6.45) is 1.97. The molecule has 3 heteroatoms. The second-order valence-corrected chi connectivity index (χ2v) is 3.49. The molecule has 1 atom stereocenters. The van der Waals surface area contributed by atoms with Gasteiger partial charge in [0.1, 0.15) is 5.69 Å². The van der Waals surface area contributed by atoms with Crippen LogP contribution in [0.15, 0.2) is 6.07 Å². The van der Waals surface area contributed by atoms with Crippen LogP contribution in [0.2, 0.25) is 0 Å². The zero-order valence-electron chi connectivity index (χ0n) is 8.42. The molecule has 0 bridgehead atoms. The number of carbonyl (C=O) groups excluding carboxylic acids is 1. The van der Waals surface area contributed by atoms with E-state index in [0.29, 0.717) is 5.69 Å². The summed E-state index contributed by atoms with van der Waals surface area (Å²) in [7, 11) is 0. The molecule has 1 heterocycles. The van der Waals surface area contributed by atoms with Crippen molar-refractivity contribution in [3.8, 4) is 0 Å². The summed E-state index contributed by atoms with van der Waals surface area (Å²) >= 11 is 0. The molecule has 72 valence electrons. The third-order valence-electron chi connectivity index (χ3n) is 2.13. The number of carbonyl (C=O) groups is 1. The van der Waals surface area contributed by atoms with Crippen molar-refractivity contribution >= 4 is 5.78 Å². The summed E-state index contributed by atoms with van der Waals surface area (Å²) in [4.78, 5) is 11.7. The molecule has 0 saturated carbocycles. The minimum atomic E-state index is 0.0905. The Labute approximate surface area is 78.5 Å². The van der Waals surface area contributed by atoms with Crippen molar-refractivity contribution in [2.24, 2.45) is 5.92 Å². The highest BCUT2D eigenvalue weighted by atomic mass is 16.1.